The highest BCUT2D eigenvalue weighted by atomic mass is 16.4. The molecule has 116 valence electrons. The minimum atomic E-state index is -0.892. The number of carboxylic acid groups (broad SMARTS) is 1. The molecular weight excluding hydrogens is 270 g/mol. The lowest BCUT2D eigenvalue weighted by atomic mass is 10.2. The van der Waals surface area contributed by atoms with Crippen LogP contribution in [0, 0.1) is 0 Å². The predicted octanol–water partition coefficient (Wildman–Crippen LogP) is 0.133. The largest absolute Gasteiger partial charge is 0.480 e. The summed E-state index contributed by atoms with van der Waals surface area (Å²) in [5.74, 6) is -0.453. The molecule has 0 bridgehead atoms. The van der Waals surface area contributed by atoms with Gasteiger partial charge in [0.15, 0.2) is 0 Å². The second kappa shape index (κ2) is 6.82. The first-order valence-electron chi connectivity index (χ1n) is 7.08. The Hall–Kier alpha value is -1.73. The van der Waals surface area contributed by atoms with Crippen molar-refractivity contribution in [2.45, 2.75) is 19.0 Å². The summed E-state index contributed by atoms with van der Waals surface area (Å²) in [4.78, 5) is 25.3. The summed E-state index contributed by atoms with van der Waals surface area (Å²) in [7, 11) is 5.90. The first-order valence-corrected chi connectivity index (χ1v) is 7.08. The van der Waals surface area contributed by atoms with Gasteiger partial charge in [-0.3, -0.25) is 9.69 Å². The topological polar surface area (TPSA) is 72.8 Å². The van der Waals surface area contributed by atoms with E-state index >= 15 is 0 Å². The van der Waals surface area contributed by atoms with Crippen molar-refractivity contribution in [1.29, 1.82) is 0 Å². The van der Waals surface area contributed by atoms with Crippen LogP contribution in [0.1, 0.15) is 12.0 Å². The number of hydrogen-bond donors (Lipinski definition) is 1. The molecule has 0 saturated carbocycles. The number of carbonyl (C=O) groups is 1. The molecule has 1 N–H and O–H groups in total. The molecule has 7 nitrogen and oxygen atoms in total. The molecule has 1 fully saturated rings. The molecule has 21 heavy (non-hydrogen) atoms. The van der Waals surface area contributed by atoms with Crippen LogP contribution in [-0.2, 0) is 11.3 Å². The summed E-state index contributed by atoms with van der Waals surface area (Å²) in [6, 6.07) is 0.617. The highest BCUT2D eigenvalue weighted by Gasteiger charge is 2.23. The van der Waals surface area contributed by atoms with Crippen LogP contribution in [0.2, 0.25) is 0 Å². The highest BCUT2D eigenvalue weighted by molar-refractivity contribution is 5.72. The third-order valence-corrected chi connectivity index (χ3v) is 3.79. The molecule has 0 aromatic carbocycles. The quantitative estimate of drug-likeness (QED) is 0.799. The Balaban J connectivity index is 1.89. The van der Waals surface area contributed by atoms with Gasteiger partial charge in [-0.25, -0.2) is 9.97 Å². The van der Waals surface area contributed by atoms with E-state index in [2.05, 4.69) is 33.9 Å². The average molecular weight is 293 g/mol. The lowest BCUT2D eigenvalue weighted by Crippen LogP contribution is -2.31. The minimum absolute atomic E-state index is 0.101. The minimum Gasteiger partial charge on any atom is -0.480 e. The molecule has 2 heterocycles. The van der Waals surface area contributed by atoms with Crippen LogP contribution < -0.4 is 4.90 Å². The Labute approximate surface area is 125 Å². The summed E-state index contributed by atoms with van der Waals surface area (Å²) >= 11 is 0. The number of anilines is 1. The summed E-state index contributed by atoms with van der Waals surface area (Å²) in [6.07, 6.45) is 4.75. The lowest BCUT2D eigenvalue weighted by molar-refractivity contribution is -0.135. The van der Waals surface area contributed by atoms with Gasteiger partial charge in [-0.15, -0.1) is 0 Å². The average Bonchev–Trinajstić information content (AvgIpc) is 2.87. The van der Waals surface area contributed by atoms with E-state index in [1.807, 2.05) is 0 Å². The zero-order valence-electron chi connectivity index (χ0n) is 12.9. The number of likely N-dealkylation sites (tertiary alicyclic amines) is 1. The third-order valence-electron chi connectivity index (χ3n) is 3.79. The molecule has 1 aromatic rings. The van der Waals surface area contributed by atoms with E-state index in [-0.39, 0.29) is 6.54 Å². The van der Waals surface area contributed by atoms with Gasteiger partial charge in [0.25, 0.3) is 0 Å². The van der Waals surface area contributed by atoms with Crippen LogP contribution in [0.3, 0.4) is 0 Å². The molecule has 7 heteroatoms. The summed E-state index contributed by atoms with van der Waals surface area (Å²) in [5, 5.41) is 8.75. The van der Waals surface area contributed by atoms with E-state index in [9.17, 15) is 4.79 Å². The van der Waals surface area contributed by atoms with Crippen LogP contribution >= 0.6 is 0 Å². The van der Waals surface area contributed by atoms with Gasteiger partial charge in [0.1, 0.15) is 6.54 Å². The van der Waals surface area contributed by atoms with Gasteiger partial charge in [-0.2, -0.15) is 0 Å². The van der Waals surface area contributed by atoms with Gasteiger partial charge in [0, 0.05) is 50.7 Å². The molecule has 1 aliphatic rings. The fourth-order valence-corrected chi connectivity index (χ4v) is 2.54. The molecule has 0 radical (unpaired) electrons. The van der Waals surface area contributed by atoms with Crippen molar-refractivity contribution in [2.75, 3.05) is 45.7 Å². The van der Waals surface area contributed by atoms with E-state index < -0.39 is 5.97 Å². The molecular formula is C14H23N5O2. The first kappa shape index (κ1) is 15.7. The fourth-order valence-electron chi connectivity index (χ4n) is 2.54. The fraction of sp³-hybridized carbons (Fsp3) is 0.643. The number of likely N-dealkylation sites (N-methyl/N-ethyl adjacent to an activating group) is 2. The van der Waals surface area contributed by atoms with E-state index in [4.69, 9.17) is 5.11 Å². The molecule has 1 aliphatic heterocycles. The van der Waals surface area contributed by atoms with Crippen LogP contribution in [0.15, 0.2) is 12.4 Å². The standard InChI is InChI=1S/C14H23N5O2/c1-17(2)12-4-5-19(9-12)8-11-6-15-14(16-7-11)18(3)10-13(20)21/h6-7,12H,4-5,8-10H2,1-3H3,(H,20,21). The maximum atomic E-state index is 10.7. The number of hydrogen-bond acceptors (Lipinski definition) is 6. The maximum Gasteiger partial charge on any atom is 0.323 e. The second-order valence-corrected chi connectivity index (χ2v) is 5.78. The predicted molar refractivity (Wildman–Crippen MR) is 80.3 cm³/mol. The van der Waals surface area contributed by atoms with Crippen molar-refractivity contribution in [3.63, 3.8) is 0 Å². The van der Waals surface area contributed by atoms with Crippen molar-refractivity contribution < 1.29 is 9.90 Å². The Morgan fingerprint density at radius 1 is 1.38 bits per heavy atom. The van der Waals surface area contributed by atoms with Crippen molar-refractivity contribution in [3.8, 4) is 0 Å². The molecule has 1 atom stereocenters. The van der Waals surface area contributed by atoms with Gasteiger partial charge >= 0.3 is 5.97 Å². The summed E-state index contributed by atoms with van der Waals surface area (Å²) in [5.41, 5.74) is 1.06. The van der Waals surface area contributed by atoms with Gasteiger partial charge in [0.2, 0.25) is 5.95 Å². The number of rotatable bonds is 6. The normalized spacial score (nSPS) is 19.1. The maximum absolute atomic E-state index is 10.7. The van der Waals surface area contributed by atoms with Crippen LogP contribution in [0.25, 0.3) is 0 Å². The van der Waals surface area contributed by atoms with Gasteiger partial charge in [-0.05, 0) is 20.5 Å². The van der Waals surface area contributed by atoms with Gasteiger partial charge in [0.05, 0.1) is 0 Å². The molecule has 1 aromatic heterocycles. The summed E-state index contributed by atoms with van der Waals surface area (Å²) < 4.78 is 0. The Bertz CT molecular complexity index is 477. The van der Waals surface area contributed by atoms with Crippen LogP contribution in [0.4, 0.5) is 5.95 Å². The van der Waals surface area contributed by atoms with E-state index in [1.54, 1.807) is 19.4 Å². The molecule has 2 rings (SSSR count). The number of carboxylic acids is 1. The molecule has 0 spiro atoms. The molecule has 1 saturated heterocycles. The molecule has 0 amide bonds. The van der Waals surface area contributed by atoms with Gasteiger partial charge in [-0.1, -0.05) is 0 Å². The Morgan fingerprint density at radius 3 is 2.57 bits per heavy atom. The van der Waals surface area contributed by atoms with E-state index in [0.717, 1.165) is 25.2 Å². The van der Waals surface area contributed by atoms with Crippen LogP contribution in [-0.4, -0.2) is 77.7 Å². The zero-order chi connectivity index (χ0) is 15.4. The second-order valence-electron chi connectivity index (χ2n) is 5.78. The first-order chi connectivity index (χ1) is 9.95. The van der Waals surface area contributed by atoms with Crippen molar-refractivity contribution in [2.24, 2.45) is 0 Å². The Morgan fingerprint density at radius 2 is 2.05 bits per heavy atom. The Kier molecular flexibility index (Phi) is 5.08. The number of aliphatic carboxylic acids is 1. The SMILES string of the molecule is CN(CC(=O)O)c1ncc(CN2CCC(N(C)C)C2)cn1. The van der Waals surface area contributed by atoms with Gasteiger partial charge < -0.3 is 14.9 Å². The molecule has 0 aliphatic carbocycles. The van der Waals surface area contributed by atoms with Crippen LogP contribution in [0.5, 0.6) is 0 Å². The van der Waals surface area contributed by atoms with Crippen molar-refractivity contribution in [3.05, 3.63) is 18.0 Å². The number of aromatic nitrogens is 2. The van der Waals surface area contributed by atoms with Crippen molar-refractivity contribution >= 4 is 11.9 Å². The van der Waals surface area contributed by atoms with E-state index in [1.165, 1.54) is 11.3 Å². The lowest BCUT2D eigenvalue weighted by Gasteiger charge is -2.20. The van der Waals surface area contributed by atoms with Crippen molar-refractivity contribution in [1.82, 2.24) is 19.8 Å². The highest BCUT2D eigenvalue weighted by Crippen LogP contribution is 2.16. The summed E-state index contributed by atoms with van der Waals surface area (Å²) in [6.45, 7) is 2.89. The molecule has 1 unspecified atom stereocenters. The number of nitrogens with zero attached hydrogens (tertiary/aromatic N) is 5. The smallest absolute Gasteiger partial charge is 0.323 e. The zero-order valence-corrected chi connectivity index (χ0v) is 12.9. The monoisotopic (exact) mass is 293 g/mol. The third kappa shape index (κ3) is 4.37. The van der Waals surface area contributed by atoms with E-state index in [0.29, 0.717) is 12.0 Å².